The zero-order valence-electron chi connectivity index (χ0n) is 19.5. The van der Waals surface area contributed by atoms with E-state index in [2.05, 4.69) is 35.9 Å². The molecule has 1 unspecified atom stereocenters. The zero-order chi connectivity index (χ0) is 28.0. The van der Waals surface area contributed by atoms with E-state index in [0.29, 0.717) is 11.1 Å². The first-order chi connectivity index (χ1) is 17.9. The van der Waals surface area contributed by atoms with Gasteiger partial charge in [-0.25, -0.2) is 19.9 Å². The molecule has 3 aromatic rings. The molecule has 0 saturated carbocycles. The van der Waals surface area contributed by atoms with Crippen molar-refractivity contribution in [2.75, 3.05) is 23.8 Å². The standard InChI is InChI=1S/C21H18Cl2F3N7O4S/c1-3-37-14(34)7-28-17-15(23)16(30-8-31-17)19(36)32-9(2)20-29-6-12(38-20)18(35)33-13-4-10(21(24,25)26)11(22)5-27-13/h4-6,8-9H,3,7H2,1-2H3,(H,32,36)(H,27,33,35)(H,28,30,31). The summed E-state index contributed by atoms with van der Waals surface area (Å²) in [5, 5.41) is 7.13. The highest BCUT2D eigenvalue weighted by Crippen LogP contribution is 2.35. The van der Waals surface area contributed by atoms with Crippen molar-refractivity contribution >= 4 is 64.0 Å². The van der Waals surface area contributed by atoms with Crippen molar-refractivity contribution in [2.45, 2.75) is 26.1 Å². The molecule has 2 amide bonds. The fourth-order valence-electron chi connectivity index (χ4n) is 2.84. The third kappa shape index (κ3) is 7.26. The summed E-state index contributed by atoms with van der Waals surface area (Å²) in [6.45, 7) is 3.21. The lowest BCUT2D eigenvalue weighted by Crippen LogP contribution is -2.28. The van der Waals surface area contributed by atoms with Gasteiger partial charge in [0.15, 0.2) is 5.69 Å². The number of nitrogens with one attached hydrogen (secondary N) is 3. The van der Waals surface area contributed by atoms with Crippen LogP contribution < -0.4 is 16.0 Å². The first kappa shape index (κ1) is 29.0. The smallest absolute Gasteiger partial charge is 0.418 e. The van der Waals surface area contributed by atoms with Gasteiger partial charge in [-0.3, -0.25) is 14.4 Å². The van der Waals surface area contributed by atoms with E-state index in [4.69, 9.17) is 27.9 Å². The van der Waals surface area contributed by atoms with Crippen LogP contribution in [0.15, 0.2) is 24.8 Å². The van der Waals surface area contributed by atoms with Crippen LogP contribution in [0.2, 0.25) is 10.0 Å². The lowest BCUT2D eigenvalue weighted by molar-refractivity contribution is -0.141. The number of esters is 1. The number of alkyl halides is 3. The first-order valence-corrected chi connectivity index (χ1v) is 12.2. The van der Waals surface area contributed by atoms with Gasteiger partial charge in [-0.05, 0) is 19.9 Å². The normalized spacial score (nSPS) is 12.0. The summed E-state index contributed by atoms with van der Waals surface area (Å²) in [5.74, 6) is -2.29. The highest BCUT2D eigenvalue weighted by Gasteiger charge is 2.34. The predicted molar refractivity (Wildman–Crippen MR) is 132 cm³/mol. The summed E-state index contributed by atoms with van der Waals surface area (Å²) in [6, 6.07) is -0.0895. The van der Waals surface area contributed by atoms with E-state index in [1.54, 1.807) is 13.8 Å². The number of nitrogens with zero attached hydrogens (tertiary/aromatic N) is 4. The molecule has 3 aromatic heterocycles. The quantitative estimate of drug-likeness (QED) is 0.308. The van der Waals surface area contributed by atoms with Crippen LogP contribution in [0.5, 0.6) is 0 Å². The molecule has 0 aliphatic heterocycles. The van der Waals surface area contributed by atoms with E-state index in [1.165, 1.54) is 6.20 Å². The Balaban J connectivity index is 1.66. The Bertz CT molecular complexity index is 1360. The number of ether oxygens (including phenoxy) is 1. The summed E-state index contributed by atoms with van der Waals surface area (Å²) in [6.07, 6.45) is -1.66. The molecule has 3 heterocycles. The number of halogens is 5. The van der Waals surface area contributed by atoms with Crippen LogP contribution in [0.1, 0.15) is 50.6 Å². The minimum atomic E-state index is -4.73. The number of hydrogen-bond acceptors (Lipinski definition) is 10. The fourth-order valence-corrected chi connectivity index (χ4v) is 4.12. The van der Waals surface area contributed by atoms with Gasteiger partial charge in [-0.1, -0.05) is 23.2 Å². The van der Waals surface area contributed by atoms with Crippen LogP contribution in [-0.4, -0.2) is 50.9 Å². The maximum atomic E-state index is 13.0. The molecule has 0 radical (unpaired) electrons. The van der Waals surface area contributed by atoms with Crippen LogP contribution in [0.4, 0.5) is 24.8 Å². The van der Waals surface area contributed by atoms with E-state index >= 15 is 0 Å². The maximum Gasteiger partial charge on any atom is 0.418 e. The number of hydrogen-bond donors (Lipinski definition) is 3. The minimum Gasteiger partial charge on any atom is -0.465 e. The van der Waals surface area contributed by atoms with Crippen LogP contribution in [0.25, 0.3) is 0 Å². The number of pyridine rings is 1. The predicted octanol–water partition coefficient (Wildman–Crippen LogP) is 4.37. The number of amides is 2. The third-order valence-electron chi connectivity index (χ3n) is 4.58. The zero-order valence-corrected chi connectivity index (χ0v) is 21.8. The molecule has 0 spiro atoms. The molecule has 17 heteroatoms. The second kappa shape index (κ2) is 12.3. The van der Waals surface area contributed by atoms with Crippen LogP contribution in [0, 0.1) is 0 Å². The number of thiazole rings is 1. The second-order valence-corrected chi connectivity index (χ2v) is 9.15. The van der Waals surface area contributed by atoms with Gasteiger partial charge < -0.3 is 20.7 Å². The van der Waals surface area contributed by atoms with Crippen molar-refractivity contribution in [3.8, 4) is 0 Å². The number of carbonyl (C=O) groups is 3. The number of carbonyl (C=O) groups excluding carboxylic acids is 3. The van der Waals surface area contributed by atoms with E-state index < -0.39 is 40.6 Å². The largest absolute Gasteiger partial charge is 0.465 e. The average Bonchev–Trinajstić information content (AvgIpc) is 3.35. The van der Waals surface area contributed by atoms with Gasteiger partial charge >= 0.3 is 12.1 Å². The Hall–Kier alpha value is -3.56. The molecular formula is C21H18Cl2F3N7O4S. The monoisotopic (exact) mass is 591 g/mol. The van der Waals surface area contributed by atoms with Crippen molar-refractivity contribution in [2.24, 2.45) is 0 Å². The van der Waals surface area contributed by atoms with Crippen molar-refractivity contribution in [1.82, 2.24) is 25.3 Å². The molecule has 3 N–H and O–H groups in total. The lowest BCUT2D eigenvalue weighted by atomic mass is 10.2. The van der Waals surface area contributed by atoms with E-state index in [1.807, 2.05) is 0 Å². The average molecular weight is 592 g/mol. The highest BCUT2D eigenvalue weighted by molar-refractivity contribution is 7.13. The summed E-state index contributed by atoms with van der Waals surface area (Å²) < 4.78 is 43.9. The van der Waals surface area contributed by atoms with E-state index in [9.17, 15) is 27.6 Å². The fraction of sp³-hybridized carbons (Fsp3) is 0.286. The summed E-state index contributed by atoms with van der Waals surface area (Å²) in [4.78, 5) is 52.4. The Morgan fingerprint density at radius 2 is 1.84 bits per heavy atom. The van der Waals surface area contributed by atoms with Crippen LogP contribution >= 0.6 is 34.5 Å². The van der Waals surface area contributed by atoms with Crippen molar-refractivity contribution in [3.05, 3.63) is 56.0 Å². The van der Waals surface area contributed by atoms with Crippen LogP contribution in [-0.2, 0) is 15.7 Å². The van der Waals surface area contributed by atoms with Gasteiger partial charge in [0.2, 0.25) is 0 Å². The number of rotatable bonds is 9. The molecule has 0 saturated heterocycles. The first-order valence-electron chi connectivity index (χ1n) is 10.6. The SMILES string of the molecule is CCOC(=O)CNc1ncnc(C(=O)NC(C)c2ncc(C(=O)Nc3cc(C(F)(F)F)c(Cl)cn3)s2)c1Cl. The van der Waals surface area contributed by atoms with Crippen molar-refractivity contribution < 1.29 is 32.3 Å². The maximum absolute atomic E-state index is 13.0. The van der Waals surface area contributed by atoms with Gasteiger partial charge in [0.1, 0.15) is 39.4 Å². The Labute approximate surface area is 227 Å². The minimum absolute atomic E-state index is 0.0465. The molecule has 11 nitrogen and oxygen atoms in total. The molecule has 202 valence electrons. The van der Waals surface area contributed by atoms with Crippen molar-refractivity contribution in [3.63, 3.8) is 0 Å². The van der Waals surface area contributed by atoms with Crippen LogP contribution in [0.3, 0.4) is 0 Å². The van der Waals surface area contributed by atoms with Gasteiger partial charge in [-0.15, -0.1) is 11.3 Å². The third-order valence-corrected chi connectivity index (χ3v) is 6.42. The molecule has 38 heavy (non-hydrogen) atoms. The molecule has 0 aromatic carbocycles. The topological polar surface area (TPSA) is 148 Å². The van der Waals surface area contributed by atoms with Gasteiger partial charge in [0.25, 0.3) is 11.8 Å². The molecule has 1 atom stereocenters. The van der Waals surface area contributed by atoms with Gasteiger partial charge in [0.05, 0.1) is 29.4 Å². The molecule has 0 aliphatic rings. The Morgan fingerprint density at radius 1 is 1.11 bits per heavy atom. The van der Waals surface area contributed by atoms with E-state index in [0.717, 1.165) is 23.9 Å². The molecule has 0 aliphatic carbocycles. The Morgan fingerprint density at radius 3 is 2.53 bits per heavy atom. The summed E-state index contributed by atoms with van der Waals surface area (Å²) in [5.41, 5.74) is -1.32. The molecular weight excluding hydrogens is 574 g/mol. The molecule has 0 bridgehead atoms. The highest BCUT2D eigenvalue weighted by atomic mass is 35.5. The number of anilines is 2. The Kier molecular flexibility index (Phi) is 9.40. The van der Waals surface area contributed by atoms with Crippen molar-refractivity contribution in [1.29, 1.82) is 0 Å². The molecule has 0 fully saturated rings. The second-order valence-electron chi connectivity index (χ2n) is 7.30. The number of aromatic nitrogens is 4. The lowest BCUT2D eigenvalue weighted by Gasteiger charge is -2.13. The van der Waals surface area contributed by atoms with Gasteiger partial charge in [-0.2, -0.15) is 13.2 Å². The summed E-state index contributed by atoms with van der Waals surface area (Å²) in [7, 11) is 0. The van der Waals surface area contributed by atoms with E-state index in [-0.39, 0.29) is 40.4 Å². The molecule has 3 rings (SSSR count). The van der Waals surface area contributed by atoms with Gasteiger partial charge in [0, 0.05) is 6.20 Å². The summed E-state index contributed by atoms with van der Waals surface area (Å²) >= 11 is 12.7.